The molecule has 0 radical (unpaired) electrons. The summed E-state index contributed by atoms with van der Waals surface area (Å²) in [6.07, 6.45) is 2.73. The van der Waals surface area contributed by atoms with E-state index >= 15 is 0 Å². The number of fused-ring (bicyclic) bond motifs is 2. The van der Waals surface area contributed by atoms with Crippen LogP contribution in [0.3, 0.4) is 0 Å². The number of epoxide rings is 1. The van der Waals surface area contributed by atoms with Crippen LogP contribution in [0.25, 0.3) is 0 Å². The van der Waals surface area contributed by atoms with Crippen LogP contribution in [0.2, 0.25) is 0 Å². The summed E-state index contributed by atoms with van der Waals surface area (Å²) in [6, 6.07) is 0. The first kappa shape index (κ1) is 7.56. The largest absolute Gasteiger partial charge is 0.370 e. The van der Waals surface area contributed by atoms with Crippen molar-refractivity contribution in [1.29, 1.82) is 0 Å². The molecule has 2 heterocycles. The zero-order valence-electron chi connectivity index (χ0n) is 7.69. The molecule has 0 spiro atoms. The predicted molar refractivity (Wildman–Crippen MR) is 46.8 cm³/mol. The first-order chi connectivity index (χ1) is 6.18. The Hall–Kier alpha value is -0.830. The Morgan fingerprint density at radius 1 is 1.38 bits per heavy atom. The van der Waals surface area contributed by atoms with E-state index in [1.807, 2.05) is 7.05 Å². The number of carbonyl (C=O) groups is 1. The van der Waals surface area contributed by atoms with Gasteiger partial charge in [-0.2, -0.15) is 0 Å². The molecule has 0 aromatic rings. The van der Waals surface area contributed by atoms with Crippen molar-refractivity contribution in [3.05, 3.63) is 12.3 Å². The fourth-order valence-electron chi connectivity index (χ4n) is 2.70. The van der Waals surface area contributed by atoms with Crippen LogP contribution in [0, 0.1) is 11.8 Å². The first-order valence-electron chi connectivity index (χ1n) is 4.80. The molecule has 2 aliphatic heterocycles. The summed E-state index contributed by atoms with van der Waals surface area (Å²) in [4.78, 5) is 13.4. The lowest BCUT2D eigenvalue weighted by molar-refractivity contribution is -0.129. The lowest BCUT2D eigenvalue weighted by atomic mass is 9.80. The van der Waals surface area contributed by atoms with Crippen molar-refractivity contribution in [2.45, 2.75) is 25.0 Å². The van der Waals surface area contributed by atoms with Gasteiger partial charge in [0.2, 0.25) is 5.91 Å². The van der Waals surface area contributed by atoms with Crippen LogP contribution in [0.5, 0.6) is 0 Å². The summed E-state index contributed by atoms with van der Waals surface area (Å²) < 4.78 is 5.43. The van der Waals surface area contributed by atoms with Crippen molar-refractivity contribution in [3.63, 3.8) is 0 Å². The highest BCUT2D eigenvalue weighted by Crippen LogP contribution is 2.49. The lowest BCUT2D eigenvalue weighted by Gasteiger charge is -2.19. The molecule has 2 saturated heterocycles. The summed E-state index contributed by atoms with van der Waals surface area (Å²) in [5, 5.41) is 0. The molecule has 70 valence electrons. The zero-order chi connectivity index (χ0) is 9.16. The molecule has 4 atom stereocenters. The minimum absolute atomic E-state index is 0.168. The van der Waals surface area contributed by atoms with Crippen molar-refractivity contribution >= 4 is 5.91 Å². The van der Waals surface area contributed by atoms with Gasteiger partial charge in [-0.1, -0.05) is 6.58 Å². The van der Waals surface area contributed by atoms with Crippen LogP contribution in [0.15, 0.2) is 12.3 Å². The highest BCUT2D eigenvalue weighted by Gasteiger charge is 2.55. The van der Waals surface area contributed by atoms with Crippen LogP contribution >= 0.6 is 0 Å². The van der Waals surface area contributed by atoms with Gasteiger partial charge in [0.05, 0.1) is 12.2 Å². The van der Waals surface area contributed by atoms with Gasteiger partial charge in [-0.15, -0.1) is 0 Å². The van der Waals surface area contributed by atoms with Gasteiger partial charge in [0.15, 0.2) is 0 Å². The van der Waals surface area contributed by atoms with E-state index in [1.54, 1.807) is 4.90 Å². The quantitative estimate of drug-likeness (QED) is 0.514. The van der Waals surface area contributed by atoms with Crippen LogP contribution in [-0.2, 0) is 9.53 Å². The Balaban J connectivity index is 1.92. The van der Waals surface area contributed by atoms with E-state index in [0.717, 1.165) is 18.5 Å². The van der Waals surface area contributed by atoms with Gasteiger partial charge < -0.3 is 9.64 Å². The topological polar surface area (TPSA) is 32.8 Å². The maximum atomic E-state index is 11.7. The first-order valence-corrected chi connectivity index (χ1v) is 4.80. The monoisotopic (exact) mass is 179 g/mol. The summed E-state index contributed by atoms with van der Waals surface area (Å²) in [5.41, 5.74) is 0.990. The van der Waals surface area contributed by atoms with E-state index in [1.165, 1.54) is 0 Å². The van der Waals surface area contributed by atoms with E-state index in [4.69, 9.17) is 4.74 Å². The maximum Gasteiger partial charge on any atom is 0.230 e. The minimum atomic E-state index is 0.168. The number of ether oxygens (including phenoxy) is 1. The molecule has 13 heavy (non-hydrogen) atoms. The number of hydrogen-bond acceptors (Lipinski definition) is 2. The van der Waals surface area contributed by atoms with E-state index in [2.05, 4.69) is 6.58 Å². The molecule has 3 rings (SSSR count). The number of allylic oxidation sites excluding steroid dienone is 1. The number of rotatable bonds is 0. The van der Waals surface area contributed by atoms with Gasteiger partial charge in [0.25, 0.3) is 0 Å². The normalized spacial score (nSPS) is 47.6. The molecule has 3 fully saturated rings. The molecule has 4 unspecified atom stereocenters. The predicted octanol–water partition coefficient (Wildman–Crippen LogP) is 0.766. The number of carbonyl (C=O) groups excluding carboxylic acids is 1. The molecule has 1 amide bonds. The molecule has 0 aromatic carbocycles. The Morgan fingerprint density at radius 3 is 2.69 bits per heavy atom. The second kappa shape index (κ2) is 2.15. The second-order valence-corrected chi connectivity index (χ2v) is 4.29. The molecule has 0 N–H and O–H groups in total. The molecule has 1 saturated carbocycles. The zero-order valence-corrected chi connectivity index (χ0v) is 7.69. The van der Waals surface area contributed by atoms with Gasteiger partial charge in [-0.25, -0.2) is 0 Å². The summed E-state index contributed by atoms with van der Waals surface area (Å²) in [7, 11) is 1.83. The highest BCUT2D eigenvalue weighted by molar-refractivity contribution is 5.84. The van der Waals surface area contributed by atoms with Crippen molar-refractivity contribution in [1.82, 2.24) is 4.90 Å². The van der Waals surface area contributed by atoms with Gasteiger partial charge in [-0.3, -0.25) is 4.79 Å². The van der Waals surface area contributed by atoms with E-state index in [-0.39, 0.29) is 11.8 Å². The van der Waals surface area contributed by atoms with Crippen molar-refractivity contribution in [2.24, 2.45) is 11.8 Å². The molecular formula is C10H13NO2. The molecule has 3 aliphatic rings. The van der Waals surface area contributed by atoms with E-state index in [0.29, 0.717) is 18.1 Å². The second-order valence-electron chi connectivity index (χ2n) is 4.29. The van der Waals surface area contributed by atoms with Crippen molar-refractivity contribution in [3.8, 4) is 0 Å². The third-order valence-electron chi connectivity index (χ3n) is 3.65. The van der Waals surface area contributed by atoms with Gasteiger partial charge in [-0.05, 0) is 12.8 Å². The summed E-state index contributed by atoms with van der Waals surface area (Å²) in [5.74, 6) is 0.770. The van der Waals surface area contributed by atoms with Crippen LogP contribution in [-0.4, -0.2) is 30.1 Å². The number of likely N-dealkylation sites (tertiary alicyclic amines) is 1. The summed E-state index contributed by atoms with van der Waals surface area (Å²) >= 11 is 0. The van der Waals surface area contributed by atoms with Crippen molar-refractivity contribution < 1.29 is 9.53 Å². The number of amides is 1. The number of hydrogen-bond donors (Lipinski definition) is 0. The fraction of sp³-hybridized carbons (Fsp3) is 0.700. The van der Waals surface area contributed by atoms with E-state index < -0.39 is 0 Å². The van der Waals surface area contributed by atoms with Gasteiger partial charge >= 0.3 is 0 Å². The lowest BCUT2D eigenvalue weighted by Crippen LogP contribution is -2.26. The molecule has 0 bridgehead atoms. The van der Waals surface area contributed by atoms with Crippen molar-refractivity contribution in [2.75, 3.05) is 7.05 Å². The molecule has 3 heteroatoms. The third-order valence-corrected chi connectivity index (χ3v) is 3.65. The molecule has 3 nitrogen and oxygen atoms in total. The summed E-state index contributed by atoms with van der Waals surface area (Å²) in [6.45, 7) is 3.97. The third kappa shape index (κ3) is 0.854. The molecule has 1 aliphatic carbocycles. The maximum absolute atomic E-state index is 11.7. The average Bonchev–Trinajstić information content (AvgIpc) is 2.86. The Labute approximate surface area is 77.4 Å². The number of nitrogens with zero attached hydrogens (tertiary/aromatic N) is 1. The van der Waals surface area contributed by atoms with E-state index in [9.17, 15) is 4.79 Å². The highest BCUT2D eigenvalue weighted by atomic mass is 16.6. The SMILES string of the molecule is C=C1C2CC3OC3CC2C(=O)N1C. The standard InChI is InChI=1S/C10H13NO2/c1-5-6-3-8-9(13-8)4-7(6)10(12)11(5)2/h6-9H,1,3-4H2,2H3. The minimum Gasteiger partial charge on any atom is -0.370 e. The van der Waals surface area contributed by atoms with Gasteiger partial charge in [0.1, 0.15) is 0 Å². The van der Waals surface area contributed by atoms with Gasteiger partial charge in [0, 0.05) is 24.6 Å². The smallest absolute Gasteiger partial charge is 0.230 e. The Kier molecular flexibility index (Phi) is 1.25. The molecule has 0 aromatic heterocycles. The Bertz CT molecular complexity index is 271. The average molecular weight is 179 g/mol. The van der Waals surface area contributed by atoms with Crippen LogP contribution in [0.1, 0.15) is 12.8 Å². The Morgan fingerprint density at radius 2 is 2.00 bits per heavy atom. The molecular weight excluding hydrogens is 166 g/mol. The van der Waals surface area contributed by atoms with Crippen LogP contribution < -0.4 is 0 Å². The van der Waals surface area contributed by atoms with Crippen LogP contribution in [0.4, 0.5) is 0 Å². The fourth-order valence-corrected chi connectivity index (χ4v) is 2.70.